The molecule has 0 aliphatic heterocycles. The fraction of sp³-hybridized carbons (Fsp3) is 0.125. The Morgan fingerprint density at radius 1 is 1.19 bits per heavy atom. The van der Waals surface area contributed by atoms with Gasteiger partial charge in [0, 0.05) is 5.56 Å². The summed E-state index contributed by atoms with van der Waals surface area (Å²) in [6.45, 7) is -0.433. The average Bonchev–Trinajstić information content (AvgIpc) is 2.60. The Balaban J connectivity index is 2.35. The van der Waals surface area contributed by atoms with Gasteiger partial charge in [-0.1, -0.05) is 12.1 Å². The summed E-state index contributed by atoms with van der Waals surface area (Å²) in [7, 11) is -2.98. The largest absolute Gasteiger partial charge is 0.495 e. The van der Waals surface area contributed by atoms with Gasteiger partial charge in [0.1, 0.15) is 16.5 Å². The highest BCUT2D eigenvalue weighted by atomic mass is 32.2. The molecule has 2 aromatic rings. The molecule has 8 nitrogen and oxygen atoms in total. The van der Waals surface area contributed by atoms with Crippen LogP contribution in [0.1, 0.15) is 10.4 Å². The van der Waals surface area contributed by atoms with Gasteiger partial charge in [-0.3, -0.25) is 14.3 Å². The number of ether oxygens (including phenoxy) is 1. The van der Waals surface area contributed by atoms with Crippen LogP contribution in [0.4, 0.5) is 10.1 Å². The summed E-state index contributed by atoms with van der Waals surface area (Å²) in [6.07, 6.45) is 0. The van der Waals surface area contributed by atoms with E-state index in [0.717, 1.165) is 18.2 Å². The van der Waals surface area contributed by atoms with Crippen molar-refractivity contribution in [1.82, 2.24) is 5.32 Å². The highest BCUT2D eigenvalue weighted by molar-refractivity contribution is 7.92. The molecule has 0 saturated heterocycles. The van der Waals surface area contributed by atoms with Gasteiger partial charge in [0.05, 0.1) is 19.3 Å². The lowest BCUT2D eigenvalue weighted by atomic mass is 10.2. The number of sulfonamides is 1. The number of anilines is 1. The van der Waals surface area contributed by atoms with E-state index in [1.54, 1.807) is 12.1 Å². The van der Waals surface area contributed by atoms with Crippen LogP contribution in [-0.2, 0) is 14.8 Å². The number of carbonyl (C=O) groups excluding carboxylic acids is 2. The van der Waals surface area contributed by atoms with Crippen LogP contribution in [0, 0.1) is 5.82 Å². The first-order valence-electron chi connectivity index (χ1n) is 7.26. The maximum absolute atomic E-state index is 14.1. The molecule has 0 bridgehead atoms. The van der Waals surface area contributed by atoms with Gasteiger partial charge in [-0.15, -0.1) is 0 Å². The summed E-state index contributed by atoms with van der Waals surface area (Å²) in [5.74, 6) is -2.34. The Kier molecular flexibility index (Phi) is 5.78. The van der Waals surface area contributed by atoms with Crippen LogP contribution in [0.5, 0.6) is 5.75 Å². The zero-order valence-corrected chi connectivity index (χ0v) is 14.5. The van der Waals surface area contributed by atoms with Crippen molar-refractivity contribution in [2.24, 2.45) is 5.73 Å². The van der Waals surface area contributed by atoms with Crippen LogP contribution in [0.25, 0.3) is 0 Å². The van der Waals surface area contributed by atoms with Gasteiger partial charge >= 0.3 is 0 Å². The zero-order chi connectivity index (χ0) is 19.3. The molecule has 2 aromatic carbocycles. The number of hydrogen-bond acceptors (Lipinski definition) is 5. The van der Waals surface area contributed by atoms with Crippen molar-refractivity contribution in [3.8, 4) is 5.75 Å². The number of hydrogen-bond donors (Lipinski definition) is 3. The van der Waals surface area contributed by atoms with E-state index in [1.165, 1.54) is 19.2 Å². The smallest absolute Gasteiger partial charge is 0.264 e. The molecule has 0 heterocycles. The van der Waals surface area contributed by atoms with Gasteiger partial charge in [-0.25, -0.2) is 12.8 Å². The number of benzene rings is 2. The monoisotopic (exact) mass is 381 g/mol. The molecular formula is C16H16FN3O5S. The van der Waals surface area contributed by atoms with Gasteiger partial charge in [0.25, 0.3) is 15.9 Å². The molecule has 0 aromatic heterocycles. The van der Waals surface area contributed by atoms with Crippen molar-refractivity contribution in [3.05, 3.63) is 53.8 Å². The van der Waals surface area contributed by atoms with E-state index < -0.39 is 39.1 Å². The summed E-state index contributed by atoms with van der Waals surface area (Å²) >= 11 is 0. The standard InChI is InChI=1S/C16H16FN3O5S/c1-25-13-5-3-2-4-12(13)20-26(23,24)14-8-10(6-7-11(14)17)16(22)19-9-15(18)21/h2-8,20H,9H2,1H3,(H2,18,21)(H,19,22). The van der Waals surface area contributed by atoms with Gasteiger partial charge in [-0.05, 0) is 30.3 Å². The van der Waals surface area contributed by atoms with E-state index in [0.29, 0.717) is 0 Å². The Morgan fingerprint density at radius 3 is 2.54 bits per heavy atom. The second-order valence-electron chi connectivity index (χ2n) is 5.10. The predicted octanol–water partition coefficient (Wildman–Crippen LogP) is 0.850. The van der Waals surface area contributed by atoms with Crippen molar-refractivity contribution < 1.29 is 27.1 Å². The molecule has 0 aliphatic rings. The van der Waals surface area contributed by atoms with E-state index in [1.807, 2.05) is 0 Å². The first-order valence-corrected chi connectivity index (χ1v) is 8.75. The quantitative estimate of drug-likeness (QED) is 0.655. The summed E-state index contributed by atoms with van der Waals surface area (Å²) in [5.41, 5.74) is 4.89. The van der Waals surface area contributed by atoms with Crippen molar-refractivity contribution in [3.63, 3.8) is 0 Å². The van der Waals surface area contributed by atoms with Crippen LogP contribution in [0.2, 0.25) is 0 Å². The average molecular weight is 381 g/mol. The normalized spacial score (nSPS) is 10.8. The first kappa shape index (κ1) is 19.2. The molecule has 4 N–H and O–H groups in total. The number of nitrogens with one attached hydrogen (secondary N) is 2. The molecule has 138 valence electrons. The van der Waals surface area contributed by atoms with E-state index >= 15 is 0 Å². The number of primary amides is 1. The van der Waals surface area contributed by atoms with Crippen LogP contribution in [0.15, 0.2) is 47.4 Å². The second-order valence-corrected chi connectivity index (χ2v) is 6.75. The minimum Gasteiger partial charge on any atom is -0.495 e. The van der Waals surface area contributed by atoms with Crippen LogP contribution < -0.4 is 20.5 Å². The second kappa shape index (κ2) is 7.83. The molecule has 0 fully saturated rings. The predicted molar refractivity (Wildman–Crippen MR) is 91.7 cm³/mol. The van der Waals surface area contributed by atoms with Crippen LogP contribution >= 0.6 is 0 Å². The Labute approximate surface area is 149 Å². The van der Waals surface area contributed by atoms with Crippen molar-refractivity contribution in [2.45, 2.75) is 4.90 Å². The molecule has 0 spiro atoms. The van der Waals surface area contributed by atoms with Crippen molar-refractivity contribution in [2.75, 3.05) is 18.4 Å². The Bertz CT molecular complexity index is 947. The lowest BCUT2D eigenvalue weighted by Gasteiger charge is -2.13. The number of rotatable bonds is 7. The molecule has 0 radical (unpaired) electrons. The van der Waals surface area contributed by atoms with Crippen molar-refractivity contribution >= 4 is 27.5 Å². The van der Waals surface area contributed by atoms with Crippen LogP contribution in [-0.4, -0.2) is 33.9 Å². The molecule has 0 aliphatic carbocycles. The van der Waals surface area contributed by atoms with E-state index in [4.69, 9.17) is 10.5 Å². The van der Waals surface area contributed by atoms with Crippen LogP contribution in [0.3, 0.4) is 0 Å². The number of methoxy groups -OCH3 is 1. The van der Waals surface area contributed by atoms with Gasteiger partial charge in [0.15, 0.2) is 0 Å². The molecular weight excluding hydrogens is 365 g/mol. The highest BCUT2D eigenvalue weighted by Gasteiger charge is 2.22. The number of halogens is 1. The van der Waals surface area contributed by atoms with Gasteiger partial charge in [-0.2, -0.15) is 0 Å². The minimum atomic E-state index is -4.34. The lowest BCUT2D eigenvalue weighted by molar-refractivity contribution is -0.117. The third-order valence-electron chi connectivity index (χ3n) is 3.26. The molecule has 10 heteroatoms. The minimum absolute atomic E-state index is 0.109. The number of nitrogens with two attached hydrogens (primary N) is 1. The molecule has 0 atom stereocenters. The molecule has 26 heavy (non-hydrogen) atoms. The highest BCUT2D eigenvalue weighted by Crippen LogP contribution is 2.27. The van der Waals surface area contributed by atoms with Crippen molar-refractivity contribution in [1.29, 1.82) is 0 Å². The summed E-state index contributed by atoms with van der Waals surface area (Å²) in [5, 5.41) is 2.19. The number of para-hydroxylation sites is 2. The van der Waals surface area contributed by atoms with Gasteiger partial charge < -0.3 is 15.8 Å². The van der Waals surface area contributed by atoms with E-state index in [2.05, 4.69) is 10.0 Å². The summed E-state index contributed by atoms with van der Waals surface area (Å²) in [4.78, 5) is 21.9. The number of amides is 2. The maximum Gasteiger partial charge on any atom is 0.264 e. The topological polar surface area (TPSA) is 128 Å². The molecule has 0 unspecified atom stereocenters. The lowest BCUT2D eigenvalue weighted by Crippen LogP contribution is -2.33. The molecule has 2 rings (SSSR count). The third-order valence-corrected chi connectivity index (χ3v) is 4.64. The molecule has 0 saturated carbocycles. The fourth-order valence-corrected chi connectivity index (χ4v) is 3.22. The summed E-state index contributed by atoms with van der Waals surface area (Å²) < 4.78 is 46.4. The molecule has 2 amide bonds. The zero-order valence-electron chi connectivity index (χ0n) is 13.7. The van der Waals surface area contributed by atoms with Gasteiger partial charge in [0.2, 0.25) is 5.91 Å². The summed E-state index contributed by atoms with van der Waals surface area (Å²) in [6, 6.07) is 8.98. The fourth-order valence-electron chi connectivity index (χ4n) is 2.05. The Hall–Kier alpha value is -3.14. The first-order chi connectivity index (χ1) is 12.2. The Morgan fingerprint density at radius 2 is 1.88 bits per heavy atom. The number of carbonyl (C=O) groups is 2. The third kappa shape index (κ3) is 4.48. The van der Waals surface area contributed by atoms with E-state index in [-0.39, 0.29) is 17.0 Å². The van der Waals surface area contributed by atoms with E-state index in [9.17, 15) is 22.4 Å². The SMILES string of the molecule is COc1ccccc1NS(=O)(=O)c1cc(C(=O)NCC(N)=O)ccc1F. The maximum atomic E-state index is 14.1.